The lowest BCUT2D eigenvalue weighted by molar-refractivity contribution is -0.137. The fourth-order valence-electron chi connectivity index (χ4n) is 1.54. The molecule has 0 radical (unpaired) electrons. The molecule has 1 aromatic carbocycles. The third-order valence-corrected chi connectivity index (χ3v) is 2.34. The molecule has 98 valence electrons. The molecule has 0 aliphatic carbocycles. The van der Waals surface area contributed by atoms with E-state index in [1.165, 1.54) is 12.1 Å². The number of rotatable bonds is 7. The molecule has 0 spiro atoms. The average molecular weight is 254 g/mol. The highest BCUT2D eigenvalue weighted by Gasteiger charge is 2.14. The Hall–Kier alpha value is -1.91. The second-order valence-electron chi connectivity index (χ2n) is 3.74. The molecule has 1 aromatic rings. The number of aliphatic carboxylic acids is 1. The van der Waals surface area contributed by atoms with E-state index in [9.17, 15) is 14.0 Å². The lowest BCUT2D eigenvalue weighted by Gasteiger charge is -2.09. The summed E-state index contributed by atoms with van der Waals surface area (Å²) in [5.41, 5.74) is 0.169. The van der Waals surface area contributed by atoms with Gasteiger partial charge in [0.1, 0.15) is 11.6 Å². The van der Waals surface area contributed by atoms with Crippen molar-refractivity contribution < 1.29 is 23.8 Å². The molecule has 1 rings (SSSR count). The van der Waals surface area contributed by atoms with Gasteiger partial charge in [-0.05, 0) is 31.5 Å². The minimum atomic E-state index is -0.952. The number of halogens is 1. The van der Waals surface area contributed by atoms with Crippen LogP contribution in [0.4, 0.5) is 4.39 Å². The predicted octanol–water partition coefficient (Wildman–Crippen LogP) is 2.66. The Bertz CT molecular complexity index is 443. The van der Waals surface area contributed by atoms with E-state index in [0.717, 1.165) is 6.07 Å². The van der Waals surface area contributed by atoms with Crippen molar-refractivity contribution in [2.75, 3.05) is 6.61 Å². The van der Waals surface area contributed by atoms with Crippen molar-refractivity contribution in [2.24, 2.45) is 0 Å². The van der Waals surface area contributed by atoms with Gasteiger partial charge in [0, 0.05) is 12.8 Å². The number of hydrogen-bond donors (Lipinski definition) is 1. The molecule has 0 atom stereocenters. The molecule has 0 heterocycles. The number of benzene rings is 1. The molecule has 1 N–H and O–H groups in total. The molecule has 0 fully saturated rings. The van der Waals surface area contributed by atoms with Gasteiger partial charge >= 0.3 is 5.97 Å². The van der Waals surface area contributed by atoms with Gasteiger partial charge in [0.2, 0.25) is 0 Å². The van der Waals surface area contributed by atoms with Crippen LogP contribution in [-0.2, 0) is 4.79 Å². The maximum atomic E-state index is 13.1. The first-order valence-electron chi connectivity index (χ1n) is 5.72. The Morgan fingerprint density at radius 2 is 2.06 bits per heavy atom. The average Bonchev–Trinajstić information content (AvgIpc) is 2.31. The first kappa shape index (κ1) is 14.2. The minimum absolute atomic E-state index is 0.0653. The second kappa shape index (κ2) is 6.74. The summed E-state index contributed by atoms with van der Waals surface area (Å²) in [6.07, 6.45) is 0.219. The van der Waals surface area contributed by atoms with E-state index < -0.39 is 11.8 Å². The Morgan fingerprint density at radius 3 is 2.67 bits per heavy atom. The third-order valence-electron chi connectivity index (χ3n) is 2.34. The molecule has 0 saturated carbocycles. The third kappa shape index (κ3) is 4.16. The first-order valence-corrected chi connectivity index (χ1v) is 5.72. The quantitative estimate of drug-likeness (QED) is 0.760. The normalized spacial score (nSPS) is 10.1. The monoisotopic (exact) mass is 254 g/mol. The molecular formula is C13H15FO4. The summed E-state index contributed by atoms with van der Waals surface area (Å²) in [7, 11) is 0. The summed E-state index contributed by atoms with van der Waals surface area (Å²) >= 11 is 0. The smallest absolute Gasteiger partial charge is 0.303 e. The summed E-state index contributed by atoms with van der Waals surface area (Å²) in [6, 6.07) is 3.75. The molecule has 0 amide bonds. The fraction of sp³-hybridized carbons (Fsp3) is 0.385. The van der Waals surface area contributed by atoms with Gasteiger partial charge in [0.05, 0.1) is 12.2 Å². The molecule has 0 aliphatic heterocycles. The van der Waals surface area contributed by atoms with Crippen molar-refractivity contribution in [1.82, 2.24) is 0 Å². The van der Waals surface area contributed by atoms with Gasteiger partial charge < -0.3 is 9.84 Å². The SMILES string of the molecule is CCOc1ccc(F)cc1C(=O)CCCC(=O)O. The predicted molar refractivity (Wildman–Crippen MR) is 63.4 cm³/mol. The number of hydrogen-bond acceptors (Lipinski definition) is 3. The molecule has 4 nitrogen and oxygen atoms in total. The van der Waals surface area contributed by atoms with Crippen LogP contribution in [0.15, 0.2) is 18.2 Å². The minimum Gasteiger partial charge on any atom is -0.493 e. The zero-order valence-electron chi connectivity index (χ0n) is 10.1. The highest BCUT2D eigenvalue weighted by atomic mass is 19.1. The number of ketones is 1. The van der Waals surface area contributed by atoms with Gasteiger partial charge in [-0.2, -0.15) is 0 Å². The van der Waals surface area contributed by atoms with Crippen LogP contribution in [0, 0.1) is 5.82 Å². The molecule has 0 unspecified atom stereocenters. The lowest BCUT2D eigenvalue weighted by Crippen LogP contribution is -2.06. The van der Waals surface area contributed by atoms with Crippen molar-refractivity contribution in [3.63, 3.8) is 0 Å². The maximum absolute atomic E-state index is 13.1. The molecule has 0 bridgehead atoms. The number of carbonyl (C=O) groups is 2. The second-order valence-corrected chi connectivity index (χ2v) is 3.74. The Balaban J connectivity index is 2.76. The standard InChI is InChI=1S/C13H15FO4/c1-2-18-12-7-6-9(14)8-10(12)11(15)4-3-5-13(16)17/h6-8H,2-5H2,1H3,(H,16,17). The zero-order valence-corrected chi connectivity index (χ0v) is 10.1. The first-order chi connectivity index (χ1) is 8.54. The summed E-state index contributed by atoms with van der Waals surface area (Å²) in [5, 5.41) is 8.48. The van der Waals surface area contributed by atoms with Crippen molar-refractivity contribution in [3.05, 3.63) is 29.6 Å². The Kier molecular flexibility index (Phi) is 5.30. The largest absolute Gasteiger partial charge is 0.493 e. The van der Waals surface area contributed by atoms with E-state index in [1.54, 1.807) is 6.92 Å². The van der Waals surface area contributed by atoms with Crippen LogP contribution >= 0.6 is 0 Å². The lowest BCUT2D eigenvalue weighted by atomic mass is 10.0. The molecule has 0 aliphatic rings. The van der Waals surface area contributed by atoms with Gasteiger partial charge in [-0.3, -0.25) is 9.59 Å². The highest BCUT2D eigenvalue weighted by molar-refractivity contribution is 5.98. The van der Waals surface area contributed by atoms with Crippen LogP contribution in [0.3, 0.4) is 0 Å². The number of carbonyl (C=O) groups excluding carboxylic acids is 1. The van der Waals surface area contributed by atoms with E-state index in [4.69, 9.17) is 9.84 Å². The van der Waals surface area contributed by atoms with Gasteiger partial charge in [0.25, 0.3) is 0 Å². The van der Waals surface area contributed by atoms with Gasteiger partial charge in [-0.1, -0.05) is 0 Å². The molecule has 0 saturated heterocycles. The maximum Gasteiger partial charge on any atom is 0.303 e. The topological polar surface area (TPSA) is 63.6 Å². The number of ether oxygens (including phenoxy) is 1. The van der Waals surface area contributed by atoms with Crippen LogP contribution in [0.5, 0.6) is 5.75 Å². The van der Waals surface area contributed by atoms with Gasteiger partial charge in [-0.15, -0.1) is 0 Å². The summed E-state index contributed by atoms with van der Waals surface area (Å²) in [4.78, 5) is 22.2. The summed E-state index contributed by atoms with van der Waals surface area (Å²) in [6.45, 7) is 2.14. The number of carboxylic acids is 1. The Morgan fingerprint density at radius 1 is 1.33 bits per heavy atom. The highest BCUT2D eigenvalue weighted by Crippen LogP contribution is 2.22. The van der Waals surface area contributed by atoms with Gasteiger partial charge in [-0.25, -0.2) is 4.39 Å². The van der Waals surface area contributed by atoms with Crippen LogP contribution in [-0.4, -0.2) is 23.5 Å². The molecule has 18 heavy (non-hydrogen) atoms. The Labute approximate surface area is 104 Å². The zero-order chi connectivity index (χ0) is 13.5. The summed E-state index contributed by atoms with van der Waals surface area (Å²) in [5.74, 6) is -1.44. The van der Waals surface area contributed by atoms with Crippen molar-refractivity contribution in [1.29, 1.82) is 0 Å². The molecule has 0 aromatic heterocycles. The fourth-order valence-corrected chi connectivity index (χ4v) is 1.54. The number of carboxylic acid groups (broad SMARTS) is 1. The van der Waals surface area contributed by atoms with E-state index in [0.29, 0.717) is 12.4 Å². The van der Waals surface area contributed by atoms with Crippen LogP contribution in [0.1, 0.15) is 36.5 Å². The van der Waals surface area contributed by atoms with Crippen molar-refractivity contribution in [2.45, 2.75) is 26.2 Å². The van der Waals surface area contributed by atoms with E-state index in [2.05, 4.69) is 0 Å². The van der Waals surface area contributed by atoms with Crippen molar-refractivity contribution in [3.8, 4) is 5.75 Å². The van der Waals surface area contributed by atoms with E-state index >= 15 is 0 Å². The van der Waals surface area contributed by atoms with Crippen LogP contribution < -0.4 is 4.74 Å². The number of Topliss-reactive ketones (excluding diaryl/α,β-unsaturated/α-hetero) is 1. The van der Waals surface area contributed by atoms with Gasteiger partial charge in [0.15, 0.2) is 5.78 Å². The van der Waals surface area contributed by atoms with Crippen LogP contribution in [0.2, 0.25) is 0 Å². The van der Waals surface area contributed by atoms with Crippen molar-refractivity contribution >= 4 is 11.8 Å². The summed E-state index contributed by atoms with van der Waals surface area (Å²) < 4.78 is 18.3. The van der Waals surface area contributed by atoms with Crippen LogP contribution in [0.25, 0.3) is 0 Å². The molecule has 5 heteroatoms. The van der Waals surface area contributed by atoms with E-state index in [-0.39, 0.29) is 30.6 Å². The van der Waals surface area contributed by atoms with E-state index in [1.807, 2.05) is 0 Å². The molecular weight excluding hydrogens is 239 g/mol.